The zero-order valence-electron chi connectivity index (χ0n) is 16.0. The first-order valence-electron chi connectivity index (χ1n) is 9.71. The summed E-state index contributed by atoms with van der Waals surface area (Å²) in [6.07, 6.45) is 6.91. The lowest BCUT2D eigenvalue weighted by Gasteiger charge is -2.27. The van der Waals surface area contributed by atoms with E-state index in [1.54, 1.807) is 16.9 Å². The maximum Gasteiger partial charge on any atom is 0.257 e. The lowest BCUT2D eigenvalue weighted by Crippen LogP contribution is -2.36. The van der Waals surface area contributed by atoms with Crippen LogP contribution in [0.15, 0.2) is 54.9 Å². The molecule has 7 nitrogen and oxygen atoms in total. The van der Waals surface area contributed by atoms with Gasteiger partial charge in [0.15, 0.2) is 0 Å². The van der Waals surface area contributed by atoms with Crippen molar-refractivity contribution in [2.24, 2.45) is 0 Å². The van der Waals surface area contributed by atoms with Gasteiger partial charge in [0.25, 0.3) is 5.91 Å². The Kier molecular flexibility index (Phi) is 5.32. The monoisotopic (exact) mass is 376 g/mol. The van der Waals surface area contributed by atoms with Crippen LogP contribution >= 0.6 is 0 Å². The zero-order chi connectivity index (χ0) is 19.3. The maximum atomic E-state index is 12.9. The molecular formula is C21H24N6O. The van der Waals surface area contributed by atoms with Crippen LogP contribution in [-0.4, -0.2) is 43.9 Å². The van der Waals surface area contributed by atoms with Crippen LogP contribution in [0.3, 0.4) is 0 Å². The van der Waals surface area contributed by atoms with Crippen molar-refractivity contribution in [1.29, 1.82) is 0 Å². The van der Waals surface area contributed by atoms with Crippen LogP contribution in [0.1, 0.15) is 48.3 Å². The van der Waals surface area contributed by atoms with Crippen molar-refractivity contribution in [3.8, 4) is 5.69 Å². The number of aromatic nitrogens is 4. The van der Waals surface area contributed by atoms with Gasteiger partial charge < -0.3 is 10.2 Å². The van der Waals surface area contributed by atoms with Crippen LogP contribution in [0.4, 0.5) is 5.82 Å². The molecule has 0 saturated carbocycles. The summed E-state index contributed by atoms with van der Waals surface area (Å²) in [5.74, 6) is 0.621. The predicted octanol–water partition coefficient (Wildman–Crippen LogP) is 3.46. The van der Waals surface area contributed by atoms with Gasteiger partial charge in [-0.3, -0.25) is 4.79 Å². The molecule has 2 aromatic heterocycles. The van der Waals surface area contributed by atoms with Crippen LogP contribution in [0.25, 0.3) is 5.69 Å². The zero-order valence-corrected chi connectivity index (χ0v) is 16.0. The summed E-state index contributed by atoms with van der Waals surface area (Å²) >= 11 is 0. The van der Waals surface area contributed by atoms with Gasteiger partial charge in [-0.15, -0.1) is 5.10 Å². The summed E-state index contributed by atoms with van der Waals surface area (Å²) in [7, 11) is 0. The lowest BCUT2D eigenvalue weighted by atomic mass is 10.1. The third-order valence-electron chi connectivity index (χ3n) is 5.01. The minimum Gasteiger partial charge on any atom is -0.361 e. The third-order valence-corrected chi connectivity index (χ3v) is 5.01. The number of hydrogen-bond acceptors (Lipinski definition) is 5. The van der Waals surface area contributed by atoms with Crippen molar-refractivity contribution in [2.45, 2.75) is 32.2 Å². The number of rotatable bonds is 5. The van der Waals surface area contributed by atoms with E-state index in [2.05, 4.69) is 20.6 Å². The van der Waals surface area contributed by atoms with Gasteiger partial charge in [0.05, 0.1) is 23.5 Å². The normalized spacial score (nSPS) is 15.2. The fourth-order valence-electron chi connectivity index (χ4n) is 3.42. The quantitative estimate of drug-likeness (QED) is 0.738. The summed E-state index contributed by atoms with van der Waals surface area (Å²) in [6, 6.07) is 13.3. The van der Waals surface area contributed by atoms with Gasteiger partial charge in [-0.05, 0) is 50.5 Å². The van der Waals surface area contributed by atoms with Crippen molar-refractivity contribution in [3.05, 3.63) is 66.1 Å². The van der Waals surface area contributed by atoms with E-state index in [1.165, 1.54) is 6.42 Å². The van der Waals surface area contributed by atoms with Crippen LogP contribution < -0.4 is 5.32 Å². The smallest absolute Gasteiger partial charge is 0.257 e. The molecule has 0 radical (unpaired) electrons. The standard InChI is InChI=1S/C21H24N6O/c1-16(19-15-27(25-24-19)17-9-4-2-5-10-17)23-20-18(11-8-12-22-20)21(28)26-13-6-3-7-14-26/h2,4-5,8-12,15-16H,3,6-7,13-14H2,1H3,(H,22,23). The van der Waals surface area contributed by atoms with Crippen molar-refractivity contribution >= 4 is 11.7 Å². The largest absolute Gasteiger partial charge is 0.361 e. The average molecular weight is 376 g/mol. The van der Waals surface area contributed by atoms with E-state index in [0.29, 0.717) is 11.4 Å². The number of nitrogens with zero attached hydrogens (tertiary/aromatic N) is 5. The Morgan fingerprint density at radius 3 is 2.64 bits per heavy atom. The van der Waals surface area contributed by atoms with Crippen LogP contribution in [0.2, 0.25) is 0 Å². The molecule has 0 bridgehead atoms. The summed E-state index contributed by atoms with van der Waals surface area (Å²) in [5.41, 5.74) is 2.34. The number of pyridine rings is 1. The molecule has 3 heterocycles. The molecular weight excluding hydrogens is 352 g/mol. The summed E-state index contributed by atoms with van der Waals surface area (Å²) in [5, 5.41) is 11.8. The number of carbonyl (C=O) groups is 1. The fourth-order valence-corrected chi connectivity index (χ4v) is 3.42. The van der Waals surface area contributed by atoms with Gasteiger partial charge >= 0.3 is 0 Å². The first-order chi connectivity index (χ1) is 13.7. The van der Waals surface area contributed by atoms with Crippen LogP contribution in [-0.2, 0) is 0 Å². The Morgan fingerprint density at radius 2 is 1.86 bits per heavy atom. The molecule has 0 spiro atoms. The lowest BCUT2D eigenvalue weighted by molar-refractivity contribution is 0.0725. The summed E-state index contributed by atoms with van der Waals surface area (Å²) < 4.78 is 1.74. The third kappa shape index (κ3) is 3.88. The minimum absolute atomic E-state index is 0.0374. The Bertz CT molecular complexity index is 933. The molecule has 28 heavy (non-hydrogen) atoms. The molecule has 1 saturated heterocycles. The van der Waals surface area contributed by atoms with Crippen LogP contribution in [0, 0.1) is 0 Å². The fraction of sp³-hybridized carbons (Fsp3) is 0.333. The Hall–Kier alpha value is -3.22. The summed E-state index contributed by atoms with van der Waals surface area (Å²) in [4.78, 5) is 19.3. The van der Waals surface area contributed by atoms with E-state index in [1.807, 2.05) is 54.4 Å². The molecule has 1 amide bonds. The molecule has 1 aliphatic rings. The van der Waals surface area contributed by atoms with E-state index >= 15 is 0 Å². The second-order valence-corrected chi connectivity index (χ2v) is 7.04. The first-order valence-corrected chi connectivity index (χ1v) is 9.71. The molecule has 7 heteroatoms. The summed E-state index contributed by atoms with van der Waals surface area (Å²) in [6.45, 7) is 3.62. The number of para-hydroxylation sites is 1. The van der Waals surface area contributed by atoms with Gasteiger partial charge in [-0.2, -0.15) is 0 Å². The topological polar surface area (TPSA) is 75.9 Å². The number of hydrogen-bond donors (Lipinski definition) is 1. The highest BCUT2D eigenvalue weighted by Gasteiger charge is 2.22. The predicted molar refractivity (Wildman–Crippen MR) is 107 cm³/mol. The van der Waals surface area contributed by atoms with E-state index < -0.39 is 0 Å². The number of benzene rings is 1. The number of anilines is 1. The number of nitrogens with one attached hydrogen (secondary N) is 1. The molecule has 144 valence electrons. The van der Waals surface area contributed by atoms with E-state index in [4.69, 9.17) is 0 Å². The molecule has 1 unspecified atom stereocenters. The number of amides is 1. The Balaban J connectivity index is 1.51. The van der Waals surface area contributed by atoms with E-state index in [0.717, 1.165) is 37.3 Å². The van der Waals surface area contributed by atoms with Crippen molar-refractivity contribution in [1.82, 2.24) is 24.9 Å². The molecule has 0 aliphatic carbocycles. The number of likely N-dealkylation sites (tertiary alicyclic amines) is 1. The maximum absolute atomic E-state index is 12.9. The van der Waals surface area contributed by atoms with Crippen molar-refractivity contribution in [3.63, 3.8) is 0 Å². The Labute approximate surface area is 164 Å². The number of piperidine rings is 1. The molecule has 1 fully saturated rings. The van der Waals surface area contributed by atoms with E-state index in [9.17, 15) is 4.79 Å². The molecule has 1 N–H and O–H groups in total. The molecule has 4 rings (SSSR count). The van der Waals surface area contributed by atoms with Crippen molar-refractivity contribution < 1.29 is 4.79 Å². The second kappa shape index (κ2) is 8.21. The molecule has 1 atom stereocenters. The van der Waals surface area contributed by atoms with Crippen LogP contribution in [0.5, 0.6) is 0 Å². The molecule has 3 aromatic rings. The second-order valence-electron chi connectivity index (χ2n) is 7.04. The van der Waals surface area contributed by atoms with Gasteiger partial charge in [0, 0.05) is 19.3 Å². The highest BCUT2D eigenvalue weighted by Crippen LogP contribution is 2.22. The van der Waals surface area contributed by atoms with Gasteiger partial charge in [0.2, 0.25) is 0 Å². The minimum atomic E-state index is -0.139. The molecule has 1 aromatic carbocycles. The highest BCUT2D eigenvalue weighted by atomic mass is 16.2. The number of carbonyl (C=O) groups excluding carboxylic acids is 1. The van der Waals surface area contributed by atoms with Crippen molar-refractivity contribution in [2.75, 3.05) is 18.4 Å². The first kappa shape index (κ1) is 18.2. The van der Waals surface area contributed by atoms with Gasteiger partial charge in [0.1, 0.15) is 11.5 Å². The van der Waals surface area contributed by atoms with Gasteiger partial charge in [-0.25, -0.2) is 9.67 Å². The van der Waals surface area contributed by atoms with E-state index in [-0.39, 0.29) is 11.9 Å². The SMILES string of the molecule is CC(Nc1ncccc1C(=O)N1CCCCC1)c1cn(-c2ccccc2)nn1. The van der Waals surface area contributed by atoms with Gasteiger partial charge in [-0.1, -0.05) is 23.4 Å². The Morgan fingerprint density at radius 1 is 1.07 bits per heavy atom. The average Bonchev–Trinajstić information content (AvgIpc) is 3.25. The highest BCUT2D eigenvalue weighted by molar-refractivity contribution is 5.98. The molecule has 1 aliphatic heterocycles.